The van der Waals surface area contributed by atoms with Gasteiger partial charge in [-0.3, -0.25) is 9.59 Å². The summed E-state index contributed by atoms with van der Waals surface area (Å²) in [6.45, 7) is 8.88. The van der Waals surface area contributed by atoms with Crippen LogP contribution in [0.4, 0.5) is 0 Å². The number of amides is 2. The van der Waals surface area contributed by atoms with E-state index in [2.05, 4.69) is 30.4 Å². The molecule has 1 N–H and O–H groups in total. The van der Waals surface area contributed by atoms with Crippen LogP contribution in [0.25, 0.3) is 0 Å². The summed E-state index contributed by atoms with van der Waals surface area (Å²) < 4.78 is 0. The van der Waals surface area contributed by atoms with Crippen molar-refractivity contribution < 1.29 is 9.59 Å². The highest BCUT2D eigenvalue weighted by Crippen LogP contribution is 2.24. The van der Waals surface area contributed by atoms with E-state index in [1.54, 1.807) is 28.8 Å². The molecule has 0 aliphatic heterocycles. The Labute approximate surface area is 206 Å². The maximum absolute atomic E-state index is 13.3. The molecule has 0 saturated carbocycles. The Hall–Kier alpha value is -1.69. The van der Waals surface area contributed by atoms with Crippen LogP contribution in [0.5, 0.6) is 0 Å². The topological polar surface area (TPSA) is 49.4 Å². The lowest BCUT2D eigenvalue weighted by Crippen LogP contribution is -2.50. The number of benzene rings is 2. The van der Waals surface area contributed by atoms with Crippen LogP contribution in [-0.4, -0.2) is 35.1 Å². The Morgan fingerprint density at radius 3 is 2.50 bits per heavy atom. The largest absolute Gasteiger partial charge is 0.354 e. The van der Waals surface area contributed by atoms with E-state index >= 15 is 0 Å². The molecule has 32 heavy (non-hydrogen) atoms. The van der Waals surface area contributed by atoms with E-state index in [1.165, 1.54) is 11.1 Å². The molecule has 2 aromatic rings. The number of nitrogens with zero attached hydrogens (tertiary/aromatic N) is 1. The number of aryl methyl sites for hydroxylation is 1. The molecule has 1 atom stereocenters. The maximum atomic E-state index is 13.3. The molecule has 0 saturated heterocycles. The smallest absolute Gasteiger partial charge is 0.242 e. The summed E-state index contributed by atoms with van der Waals surface area (Å²) in [6.07, 6.45) is 0.517. The zero-order valence-electron chi connectivity index (χ0n) is 19.2. The Morgan fingerprint density at radius 2 is 1.88 bits per heavy atom. The highest BCUT2D eigenvalue weighted by molar-refractivity contribution is 7.99. The van der Waals surface area contributed by atoms with Crippen molar-refractivity contribution in [1.82, 2.24) is 10.2 Å². The van der Waals surface area contributed by atoms with E-state index in [0.717, 1.165) is 11.3 Å². The van der Waals surface area contributed by atoms with Crippen molar-refractivity contribution in [2.45, 2.75) is 52.5 Å². The van der Waals surface area contributed by atoms with Crippen LogP contribution >= 0.6 is 35.0 Å². The zero-order valence-corrected chi connectivity index (χ0v) is 21.5. The van der Waals surface area contributed by atoms with Crippen molar-refractivity contribution in [3.63, 3.8) is 0 Å². The first-order valence-electron chi connectivity index (χ1n) is 10.9. The molecule has 174 valence electrons. The molecule has 2 amide bonds. The number of carbonyl (C=O) groups is 2. The molecule has 0 radical (unpaired) electrons. The minimum atomic E-state index is -0.562. The van der Waals surface area contributed by atoms with Crippen molar-refractivity contribution in [1.29, 1.82) is 0 Å². The quantitative estimate of drug-likeness (QED) is 0.409. The van der Waals surface area contributed by atoms with Gasteiger partial charge in [0.25, 0.3) is 0 Å². The Morgan fingerprint density at radius 1 is 1.12 bits per heavy atom. The fraction of sp³-hybridized carbons (Fsp3) is 0.440. The van der Waals surface area contributed by atoms with Gasteiger partial charge in [-0.15, -0.1) is 11.8 Å². The molecule has 2 rings (SSSR count). The minimum absolute atomic E-state index is 0.0831. The van der Waals surface area contributed by atoms with Crippen LogP contribution in [0.2, 0.25) is 10.0 Å². The van der Waals surface area contributed by atoms with Crippen molar-refractivity contribution in [3.8, 4) is 0 Å². The first-order valence-corrected chi connectivity index (χ1v) is 12.8. The second kappa shape index (κ2) is 13.1. The Balaban J connectivity index is 2.16. The number of carbonyl (C=O) groups excluding carboxylic acids is 2. The normalized spacial score (nSPS) is 12.0. The van der Waals surface area contributed by atoms with Gasteiger partial charge >= 0.3 is 0 Å². The van der Waals surface area contributed by atoms with E-state index in [1.807, 2.05) is 32.9 Å². The van der Waals surface area contributed by atoms with Crippen LogP contribution in [0, 0.1) is 12.8 Å². The van der Waals surface area contributed by atoms with Crippen molar-refractivity contribution >= 4 is 46.8 Å². The van der Waals surface area contributed by atoms with Crippen LogP contribution in [-0.2, 0) is 21.9 Å². The second-order valence-corrected chi connectivity index (χ2v) is 10.1. The molecule has 0 heterocycles. The van der Waals surface area contributed by atoms with Gasteiger partial charge in [0, 0.05) is 28.9 Å². The Bertz CT molecular complexity index is 921. The lowest BCUT2D eigenvalue weighted by molar-refractivity contribution is -0.139. The first-order chi connectivity index (χ1) is 15.2. The highest BCUT2D eigenvalue weighted by atomic mass is 35.5. The predicted molar refractivity (Wildman–Crippen MR) is 136 cm³/mol. The summed E-state index contributed by atoms with van der Waals surface area (Å²) in [4.78, 5) is 27.8. The number of halogens is 2. The van der Waals surface area contributed by atoms with Crippen LogP contribution in [0.3, 0.4) is 0 Å². The summed E-state index contributed by atoms with van der Waals surface area (Å²) in [5.74, 6) is 1.13. The number of nitrogens with one attached hydrogen (secondary N) is 1. The van der Waals surface area contributed by atoms with Crippen molar-refractivity contribution in [2.24, 2.45) is 5.92 Å². The minimum Gasteiger partial charge on any atom is -0.354 e. The molecular weight excluding hydrogens is 463 g/mol. The number of hydrogen-bond acceptors (Lipinski definition) is 3. The van der Waals surface area contributed by atoms with E-state index in [9.17, 15) is 9.59 Å². The molecule has 4 nitrogen and oxygen atoms in total. The average molecular weight is 496 g/mol. The van der Waals surface area contributed by atoms with E-state index in [4.69, 9.17) is 23.2 Å². The lowest BCUT2D eigenvalue weighted by atomic mass is 10.1. The van der Waals surface area contributed by atoms with Gasteiger partial charge in [0.2, 0.25) is 11.8 Å². The van der Waals surface area contributed by atoms with Crippen LogP contribution in [0.1, 0.15) is 43.9 Å². The van der Waals surface area contributed by atoms with Crippen LogP contribution < -0.4 is 5.32 Å². The third-order valence-electron chi connectivity index (χ3n) is 5.00. The van der Waals surface area contributed by atoms with E-state index in [-0.39, 0.29) is 24.1 Å². The molecule has 0 bridgehead atoms. The molecule has 0 aliphatic carbocycles. The van der Waals surface area contributed by atoms with Gasteiger partial charge in [0.15, 0.2) is 0 Å². The average Bonchev–Trinajstić information content (AvgIpc) is 2.73. The van der Waals surface area contributed by atoms with Gasteiger partial charge in [-0.05, 0) is 42.5 Å². The molecule has 2 aromatic carbocycles. The molecule has 0 aromatic heterocycles. The van der Waals surface area contributed by atoms with Crippen LogP contribution in [0.15, 0.2) is 42.5 Å². The molecule has 0 fully saturated rings. The standard InChI is InChI=1S/C25H32Cl2N2O2S/c1-5-23(25(31)28-13-17(2)3)29(14-20-9-10-21(26)12-22(20)27)24(30)16-32-15-19-8-6-7-18(4)11-19/h6-12,17,23H,5,13-16H2,1-4H3,(H,28,31)/t23-/m0/s1. The summed E-state index contributed by atoms with van der Waals surface area (Å²) in [6, 6.07) is 12.9. The number of thioether (sulfide) groups is 1. The van der Waals surface area contributed by atoms with Gasteiger partial charge < -0.3 is 10.2 Å². The van der Waals surface area contributed by atoms with Gasteiger partial charge in [-0.2, -0.15) is 0 Å². The van der Waals surface area contributed by atoms with Gasteiger partial charge in [-0.1, -0.05) is 79.9 Å². The lowest BCUT2D eigenvalue weighted by Gasteiger charge is -2.31. The monoisotopic (exact) mass is 494 g/mol. The highest BCUT2D eigenvalue weighted by Gasteiger charge is 2.29. The third-order valence-corrected chi connectivity index (χ3v) is 6.58. The SMILES string of the molecule is CC[C@@H](C(=O)NCC(C)C)N(Cc1ccc(Cl)cc1Cl)C(=O)CSCc1cccc(C)c1. The number of rotatable bonds is 11. The van der Waals surface area contributed by atoms with Gasteiger partial charge in [0.05, 0.1) is 5.75 Å². The fourth-order valence-electron chi connectivity index (χ4n) is 3.32. The second-order valence-electron chi connectivity index (χ2n) is 8.30. The Kier molecular flexibility index (Phi) is 10.9. The first kappa shape index (κ1) is 26.6. The molecular formula is C25H32Cl2N2O2S. The molecule has 0 spiro atoms. The number of hydrogen-bond donors (Lipinski definition) is 1. The van der Waals surface area contributed by atoms with Crippen molar-refractivity contribution in [3.05, 3.63) is 69.2 Å². The zero-order chi connectivity index (χ0) is 23.7. The third kappa shape index (κ3) is 8.34. The van der Waals surface area contributed by atoms with Gasteiger partial charge in [-0.25, -0.2) is 0 Å². The summed E-state index contributed by atoms with van der Waals surface area (Å²) >= 11 is 14.0. The van der Waals surface area contributed by atoms with Crippen molar-refractivity contribution in [2.75, 3.05) is 12.3 Å². The van der Waals surface area contributed by atoms with Gasteiger partial charge in [0.1, 0.15) is 6.04 Å². The van der Waals surface area contributed by atoms with E-state index in [0.29, 0.717) is 28.9 Å². The maximum Gasteiger partial charge on any atom is 0.242 e. The van der Waals surface area contributed by atoms with E-state index < -0.39 is 6.04 Å². The summed E-state index contributed by atoms with van der Waals surface area (Å²) in [5.41, 5.74) is 3.14. The predicted octanol–water partition coefficient (Wildman–Crippen LogP) is 6.11. The summed E-state index contributed by atoms with van der Waals surface area (Å²) in [7, 11) is 0. The molecule has 7 heteroatoms. The fourth-order valence-corrected chi connectivity index (χ4v) is 4.64. The molecule has 0 aliphatic rings. The summed E-state index contributed by atoms with van der Waals surface area (Å²) in [5, 5.41) is 3.99. The molecule has 0 unspecified atom stereocenters.